The molecule has 34 heavy (non-hydrogen) atoms. The Morgan fingerprint density at radius 1 is 0.647 bits per heavy atom. The highest BCUT2D eigenvalue weighted by Crippen LogP contribution is 2.55. The number of nitrogens with zero attached hydrogens (tertiary/aromatic N) is 1. The maximum atomic E-state index is 6.39. The summed E-state index contributed by atoms with van der Waals surface area (Å²) in [6.07, 6.45) is 3.84. The second kappa shape index (κ2) is 7.40. The molecule has 6 rings (SSSR count). The minimum absolute atomic E-state index is 0.377. The molecule has 4 aromatic rings. The topological polar surface area (TPSA) is 31.4 Å². The van der Waals surface area contributed by atoms with Gasteiger partial charge in [0.15, 0.2) is 0 Å². The second-order valence-corrected chi connectivity index (χ2v) is 10.3. The fourth-order valence-corrected chi connectivity index (χ4v) is 5.49. The van der Waals surface area contributed by atoms with Crippen molar-refractivity contribution in [3.8, 4) is 11.1 Å². The molecule has 0 N–H and O–H groups in total. The summed E-state index contributed by atoms with van der Waals surface area (Å²) in [6, 6.07) is 30.4. The highest BCUT2D eigenvalue weighted by Gasteiger charge is 2.52. The maximum Gasteiger partial charge on any atom is 0.494 e. The fraction of sp³-hybridized carbons (Fsp3) is 0.233. The van der Waals surface area contributed by atoms with Gasteiger partial charge in [-0.1, -0.05) is 78.9 Å². The van der Waals surface area contributed by atoms with Gasteiger partial charge in [-0.3, -0.25) is 4.98 Å². The molecule has 1 unspecified atom stereocenters. The van der Waals surface area contributed by atoms with Crippen molar-refractivity contribution in [3.63, 3.8) is 0 Å². The van der Waals surface area contributed by atoms with Crippen LogP contribution in [0.15, 0.2) is 97.3 Å². The molecule has 3 nitrogen and oxygen atoms in total. The van der Waals surface area contributed by atoms with Crippen LogP contribution in [0.3, 0.4) is 0 Å². The van der Waals surface area contributed by atoms with E-state index in [0.717, 1.165) is 11.0 Å². The molecule has 0 bridgehead atoms. The number of rotatable bonds is 3. The maximum absolute atomic E-state index is 6.39. The van der Waals surface area contributed by atoms with Crippen LogP contribution < -0.4 is 5.46 Å². The van der Waals surface area contributed by atoms with Gasteiger partial charge in [0.2, 0.25) is 0 Å². The van der Waals surface area contributed by atoms with E-state index < -0.39 is 12.5 Å². The normalized spacial score (nSPS) is 21.8. The van der Waals surface area contributed by atoms with Crippen LogP contribution in [0, 0.1) is 0 Å². The molecule has 0 spiro atoms. The third-order valence-electron chi connectivity index (χ3n) is 7.90. The van der Waals surface area contributed by atoms with Crippen molar-refractivity contribution in [3.05, 3.63) is 120 Å². The molecular formula is C30H28BNO2. The zero-order valence-corrected chi connectivity index (χ0v) is 20.1. The largest absolute Gasteiger partial charge is 0.494 e. The van der Waals surface area contributed by atoms with E-state index in [2.05, 4.69) is 112 Å². The second-order valence-electron chi connectivity index (χ2n) is 10.3. The van der Waals surface area contributed by atoms with E-state index in [1.165, 1.54) is 27.8 Å². The van der Waals surface area contributed by atoms with Crippen molar-refractivity contribution >= 4 is 12.6 Å². The van der Waals surface area contributed by atoms with Crippen LogP contribution in [0.4, 0.5) is 0 Å². The fourth-order valence-electron chi connectivity index (χ4n) is 5.49. The van der Waals surface area contributed by atoms with E-state index >= 15 is 0 Å². The van der Waals surface area contributed by atoms with Gasteiger partial charge >= 0.3 is 7.12 Å². The van der Waals surface area contributed by atoms with Gasteiger partial charge in [0, 0.05) is 12.4 Å². The van der Waals surface area contributed by atoms with Crippen LogP contribution in [0.1, 0.15) is 49.9 Å². The van der Waals surface area contributed by atoms with Gasteiger partial charge in [0.05, 0.1) is 16.6 Å². The summed E-state index contributed by atoms with van der Waals surface area (Å²) < 4.78 is 12.8. The lowest BCUT2D eigenvalue weighted by molar-refractivity contribution is 0.00578. The predicted molar refractivity (Wildman–Crippen MR) is 137 cm³/mol. The minimum Gasteiger partial charge on any atom is -0.399 e. The summed E-state index contributed by atoms with van der Waals surface area (Å²) in [5.74, 6) is 0. The van der Waals surface area contributed by atoms with Crippen LogP contribution in [0.2, 0.25) is 0 Å². The van der Waals surface area contributed by atoms with Crippen molar-refractivity contribution in [2.75, 3.05) is 0 Å². The number of aromatic nitrogens is 1. The first-order chi connectivity index (χ1) is 16.3. The van der Waals surface area contributed by atoms with Gasteiger partial charge in [-0.2, -0.15) is 0 Å². The van der Waals surface area contributed by atoms with Gasteiger partial charge in [-0.05, 0) is 72.6 Å². The molecule has 0 amide bonds. The molecule has 0 radical (unpaired) electrons. The number of hydrogen-bond donors (Lipinski definition) is 0. The van der Waals surface area contributed by atoms with Crippen molar-refractivity contribution < 1.29 is 9.31 Å². The monoisotopic (exact) mass is 445 g/mol. The Labute approximate surface area is 201 Å². The predicted octanol–water partition coefficient (Wildman–Crippen LogP) is 5.74. The van der Waals surface area contributed by atoms with Crippen LogP contribution in [-0.2, 0) is 14.7 Å². The molecule has 2 heterocycles. The quantitative estimate of drug-likeness (QED) is 0.332. The van der Waals surface area contributed by atoms with Crippen molar-refractivity contribution in [2.45, 2.75) is 44.3 Å². The van der Waals surface area contributed by atoms with E-state index in [4.69, 9.17) is 9.31 Å². The van der Waals surface area contributed by atoms with E-state index in [0.29, 0.717) is 0 Å². The van der Waals surface area contributed by atoms with Gasteiger partial charge in [-0.15, -0.1) is 0 Å². The van der Waals surface area contributed by atoms with E-state index in [9.17, 15) is 0 Å². The summed E-state index contributed by atoms with van der Waals surface area (Å²) in [5.41, 5.74) is 7.24. The molecule has 1 aliphatic carbocycles. The van der Waals surface area contributed by atoms with Crippen LogP contribution in [0.25, 0.3) is 11.1 Å². The highest BCUT2D eigenvalue weighted by molar-refractivity contribution is 6.62. The van der Waals surface area contributed by atoms with E-state index in [1.54, 1.807) is 0 Å². The van der Waals surface area contributed by atoms with Gasteiger partial charge in [-0.25, -0.2) is 0 Å². The van der Waals surface area contributed by atoms with Crippen molar-refractivity contribution in [2.24, 2.45) is 0 Å². The van der Waals surface area contributed by atoms with Crippen LogP contribution in [0.5, 0.6) is 0 Å². The lowest BCUT2D eigenvalue weighted by Crippen LogP contribution is -2.41. The van der Waals surface area contributed by atoms with Gasteiger partial charge in [0.1, 0.15) is 0 Å². The highest BCUT2D eigenvalue weighted by atomic mass is 16.7. The summed E-state index contributed by atoms with van der Waals surface area (Å²) in [6.45, 7) is 8.38. The van der Waals surface area contributed by atoms with Gasteiger partial charge in [0.25, 0.3) is 0 Å². The standard InChI is InChI=1S/C30H28BNO2/c1-28(2)29(3,4)34-31(33-28)23-16-17-27-25(19-23)24-14-8-9-15-26(24)30(27,21-11-6-5-7-12-21)22-13-10-18-32-20-22/h5-20H,1-4H3. The number of pyridine rings is 1. The Kier molecular flexibility index (Phi) is 4.64. The van der Waals surface area contributed by atoms with Crippen LogP contribution in [-0.4, -0.2) is 23.3 Å². The van der Waals surface area contributed by atoms with Crippen molar-refractivity contribution in [1.82, 2.24) is 4.98 Å². The number of benzene rings is 3. The molecule has 1 fully saturated rings. The Morgan fingerprint density at radius 3 is 2.00 bits per heavy atom. The zero-order valence-electron chi connectivity index (χ0n) is 20.1. The molecule has 0 saturated carbocycles. The first kappa shape index (κ1) is 21.3. The minimum atomic E-state index is -0.435. The first-order valence-corrected chi connectivity index (χ1v) is 11.9. The molecule has 2 aliphatic rings. The summed E-state index contributed by atoms with van der Waals surface area (Å²) in [5, 5.41) is 0. The summed E-state index contributed by atoms with van der Waals surface area (Å²) in [7, 11) is -0.396. The third kappa shape index (κ3) is 2.89. The summed E-state index contributed by atoms with van der Waals surface area (Å²) in [4.78, 5) is 4.52. The van der Waals surface area contributed by atoms with Crippen molar-refractivity contribution in [1.29, 1.82) is 0 Å². The molecule has 1 aliphatic heterocycles. The molecular weight excluding hydrogens is 417 g/mol. The summed E-state index contributed by atoms with van der Waals surface area (Å²) >= 11 is 0. The first-order valence-electron chi connectivity index (χ1n) is 11.9. The molecule has 3 aromatic carbocycles. The lowest BCUT2D eigenvalue weighted by atomic mass is 9.67. The Morgan fingerprint density at radius 2 is 1.29 bits per heavy atom. The Balaban J connectivity index is 1.61. The SMILES string of the molecule is CC1(C)OB(c2ccc3c(c2)-c2ccccc2C3(c2ccccc2)c2cccnc2)OC1(C)C. The molecule has 1 saturated heterocycles. The van der Waals surface area contributed by atoms with E-state index in [1.807, 2.05) is 18.5 Å². The Hall–Kier alpha value is -3.21. The molecule has 1 atom stereocenters. The van der Waals surface area contributed by atoms with Crippen LogP contribution >= 0.6 is 0 Å². The lowest BCUT2D eigenvalue weighted by Gasteiger charge is -2.33. The van der Waals surface area contributed by atoms with E-state index in [-0.39, 0.29) is 11.2 Å². The smallest absolute Gasteiger partial charge is 0.399 e. The average molecular weight is 445 g/mol. The number of hydrogen-bond acceptors (Lipinski definition) is 3. The van der Waals surface area contributed by atoms with Gasteiger partial charge < -0.3 is 9.31 Å². The Bertz CT molecular complexity index is 1310. The number of fused-ring (bicyclic) bond motifs is 3. The average Bonchev–Trinajstić information content (AvgIpc) is 3.27. The zero-order chi connectivity index (χ0) is 23.6. The molecule has 4 heteroatoms. The molecule has 1 aromatic heterocycles. The molecule has 168 valence electrons. The third-order valence-corrected chi connectivity index (χ3v) is 7.90.